The maximum absolute atomic E-state index is 9.02. The highest BCUT2D eigenvalue weighted by Gasteiger charge is 2.01. The average molecular weight is 177 g/mol. The Labute approximate surface area is 74.8 Å². The molecule has 2 rings (SSSR count). The molecular weight excluding hydrogens is 170 g/mol. The fraction of sp³-hybridized carbons (Fsp3) is 0. The summed E-state index contributed by atoms with van der Waals surface area (Å²) in [5, 5.41) is 9.99. The van der Waals surface area contributed by atoms with Gasteiger partial charge in [0.25, 0.3) is 0 Å². The fourth-order valence-electron chi connectivity index (χ4n) is 1.19. The van der Waals surface area contributed by atoms with Crippen molar-refractivity contribution in [2.24, 2.45) is 0 Å². The van der Waals surface area contributed by atoms with Crippen LogP contribution in [0.2, 0.25) is 0 Å². The van der Waals surface area contributed by atoms with E-state index in [4.69, 9.17) is 5.11 Å². The number of para-hydroxylation sites is 1. The minimum absolute atomic E-state index is 0.0915. The molecule has 0 saturated heterocycles. The third-order valence-electron chi connectivity index (χ3n) is 1.76. The molecular formula is C9H7NOS. The zero-order valence-electron chi connectivity index (χ0n) is 6.24. The van der Waals surface area contributed by atoms with Crippen LogP contribution < -0.4 is 0 Å². The topological polar surface area (TPSA) is 36.0 Å². The van der Waals surface area contributed by atoms with Gasteiger partial charge in [-0.15, -0.1) is 0 Å². The molecule has 1 heterocycles. The van der Waals surface area contributed by atoms with E-state index in [1.54, 1.807) is 0 Å². The van der Waals surface area contributed by atoms with Gasteiger partial charge in [-0.3, -0.25) is 0 Å². The van der Waals surface area contributed by atoms with Gasteiger partial charge in [-0.2, -0.15) is 0 Å². The Morgan fingerprint density at radius 1 is 1.33 bits per heavy atom. The van der Waals surface area contributed by atoms with E-state index in [0.29, 0.717) is 5.69 Å². The number of rotatable bonds is 1. The van der Waals surface area contributed by atoms with Crippen molar-refractivity contribution in [3.63, 3.8) is 0 Å². The normalized spacial score (nSPS) is 10.3. The molecule has 0 aliphatic carbocycles. The fourth-order valence-corrected chi connectivity index (χ4v) is 1.30. The van der Waals surface area contributed by atoms with Crippen molar-refractivity contribution in [1.29, 1.82) is 0 Å². The molecule has 0 fully saturated rings. The van der Waals surface area contributed by atoms with Gasteiger partial charge in [0.2, 0.25) is 5.05 Å². The van der Waals surface area contributed by atoms with Crippen molar-refractivity contribution in [3.8, 4) is 0 Å². The lowest BCUT2D eigenvalue weighted by molar-refractivity contribution is 0.569. The maximum atomic E-state index is 9.02. The maximum Gasteiger partial charge on any atom is 0.205 e. The van der Waals surface area contributed by atoms with Crippen molar-refractivity contribution in [3.05, 3.63) is 36.0 Å². The third kappa shape index (κ3) is 1.08. The summed E-state index contributed by atoms with van der Waals surface area (Å²) in [6, 6.07) is 9.62. The Kier molecular flexibility index (Phi) is 1.59. The van der Waals surface area contributed by atoms with Gasteiger partial charge < -0.3 is 10.1 Å². The second kappa shape index (κ2) is 2.60. The molecule has 0 radical (unpaired) electrons. The van der Waals surface area contributed by atoms with Crippen LogP contribution in [0.3, 0.4) is 0 Å². The van der Waals surface area contributed by atoms with Gasteiger partial charge in [-0.1, -0.05) is 18.2 Å². The summed E-state index contributed by atoms with van der Waals surface area (Å²) in [7, 11) is 0. The van der Waals surface area contributed by atoms with E-state index in [2.05, 4.69) is 17.2 Å². The first-order valence-electron chi connectivity index (χ1n) is 3.58. The minimum Gasteiger partial charge on any atom is -0.497 e. The SMILES string of the molecule is OC(=S)c1cc2ccccc2[nH]1. The van der Waals surface area contributed by atoms with E-state index in [1.807, 2.05) is 30.3 Å². The molecule has 0 spiro atoms. The van der Waals surface area contributed by atoms with Crippen molar-refractivity contribution >= 4 is 28.2 Å². The van der Waals surface area contributed by atoms with Crippen LogP contribution in [0.4, 0.5) is 0 Å². The molecule has 12 heavy (non-hydrogen) atoms. The van der Waals surface area contributed by atoms with Gasteiger partial charge >= 0.3 is 0 Å². The summed E-state index contributed by atoms with van der Waals surface area (Å²) < 4.78 is 0. The Hall–Kier alpha value is -1.35. The predicted molar refractivity (Wildman–Crippen MR) is 52.6 cm³/mol. The summed E-state index contributed by atoms with van der Waals surface area (Å²) in [6.45, 7) is 0. The number of aromatic nitrogens is 1. The van der Waals surface area contributed by atoms with Crippen molar-refractivity contribution in [1.82, 2.24) is 4.98 Å². The van der Waals surface area contributed by atoms with Crippen molar-refractivity contribution in [2.45, 2.75) is 0 Å². The summed E-state index contributed by atoms with van der Waals surface area (Å²) in [4.78, 5) is 3.00. The Bertz CT molecular complexity index is 400. The number of benzene rings is 1. The van der Waals surface area contributed by atoms with E-state index < -0.39 is 0 Å². The van der Waals surface area contributed by atoms with E-state index in [9.17, 15) is 0 Å². The monoisotopic (exact) mass is 177 g/mol. The largest absolute Gasteiger partial charge is 0.497 e. The van der Waals surface area contributed by atoms with E-state index in [0.717, 1.165) is 10.9 Å². The number of nitrogens with one attached hydrogen (secondary N) is 1. The average Bonchev–Trinajstić information content (AvgIpc) is 2.46. The quantitative estimate of drug-likeness (QED) is 0.656. The first-order valence-corrected chi connectivity index (χ1v) is 3.99. The molecule has 0 aliphatic heterocycles. The molecule has 60 valence electrons. The van der Waals surface area contributed by atoms with Crippen LogP contribution in [0.25, 0.3) is 10.9 Å². The van der Waals surface area contributed by atoms with Gasteiger partial charge in [0, 0.05) is 10.9 Å². The molecule has 1 aromatic heterocycles. The van der Waals surface area contributed by atoms with Gasteiger partial charge in [0.15, 0.2) is 0 Å². The van der Waals surface area contributed by atoms with Crippen molar-refractivity contribution < 1.29 is 5.11 Å². The van der Waals surface area contributed by atoms with Crippen molar-refractivity contribution in [2.75, 3.05) is 0 Å². The van der Waals surface area contributed by atoms with Gasteiger partial charge in [0.1, 0.15) is 0 Å². The molecule has 0 bridgehead atoms. The number of hydrogen-bond acceptors (Lipinski definition) is 1. The van der Waals surface area contributed by atoms with E-state index >= 15 is 0 Å². The Morgan fingerprint density at radius 2 is 2.08 bits per heavy atom. The molecule has 0 atom stereocenters. The zero-order chi connectivity index (χ0) is 8.55. The second-order valence-electron chi connectivity index (χ2n) is 2.58. The molecule has 0 saturated carbocycles. The third-order valence-corrected chi connectivity index (χ3v) is 1.98. The highest BCUT2D eigenvalue weighted by atomic mass is 32.1. The molecule has 2 N–H and O–H groups in total. The first-order chi connectivity index (χ1) is 5.77. The number of aliphatic hydroxyl groups is 1. The lowest BCUT2D eigenvalue weighted by Crippen LogP contribution is -1.92. The number of hydrogen-bond donors (Lipinski definition) is 2. The van der Waals surface area contributed by atoms with Crippen LogP contribution in [-0.2, 0) is 0 Å². The second-order valence-corrected chi connectivity index (χ2v) is 2.96. The van der Waals surface area contributed by atoms with Gasteiger partial charge in [-0.25, -0.2) is 0 Å². The molecule has 0 amide bonds. The number of fused-ring (bicyclic) bond motifs is 1. The Balaban J connectivity index is 2.70. The smallest absolute Gasteiger partial charge is 0.205 e. The summed E-state index contributed by atoms with van der Waals surface area (Å²) in [5.41, 5.74) is 1.59. The standard InChI is InChI=1S/C9H7NOS/c11-9(12)8-5-6-3-1-2-4-7(6)10-8/h1-5,10H,(H,11,12). The molecule has 2 aromatic rings. The molecule has 0 unspecified atom stereocenters. The first kappa shape index (κ1) is 7.31. The number of aliphatic hydroxyl groups excluding tert-OH is 1. The number of aromatic amines is 1. The molecule has 3 heteroatoms. The van der Waals surface area contributed by atoms with Crippen LogP contribution in [0.5, 0.6) is 0 Å². The van der Waals surface area contributed by atoms with Gasteiger partial charge in [0.05, 0.1) is 5.69 Å². The van der Waals surface area contributed by atoms with Crippen LogP contribution in [0.15, 0.2) is 30.3 Å². The lowest BCUT2D eigenvalue weighted by Gasteiger charge is -1.86. The highest BCUT2D eigenvalue weighted by Crippen LogP contribution is 2.14. The summed E-state index contributed by atoms with van der Waals surface area (Å²) in [5.74, 6) is 0. The number of H-pyrrole nitrogens is 1. The molecule has 1 aromatic carbocycles. The van der Waals surface area contributed by atoms with Gasteiger partial charge in [-0.05, 0) is 24.4 Å². The van der Waals surface area contributed by atoms with Crippen LogP contribution in [0, 0.1) is 0 Å². The molecule has 0 aliphatic rings. The van der Waals surface area contributed by atoms with Crippen LogP contribution in [-0.4, -0.2) is 15.1 Å². The summed E-state index contributed by atoms with van der Waals surface area (Å²) in [6.07, 6.45) is 0. The lowest BCUT2D eigenvalue weighted by atomic mass is 10.2. The number of thiocarbonyl (C=S) groups is 1. The highest BCUT2D eigenvalue weighted by molar-refractivity contribution is 7.80. The Morgan fingerprint density at radius 3 is 2.75 bits per heavy atom. The summed E-state index contributed by atoms with van der Waals surface area (Å²) >= 11 is 4.63. The molecule has 2 nitrogen and oxygen atoms in total. The van der Waals surface area contributed by atoms with E-state index in [1.165, 1.54) is 0 Å². The predicted octanol–water partition coefficient (Wildman–Crippen LogP) is 2.40. The minimum atomic E-state index is -0.0915. The van der Waals surface area contributed by atoms with Crippen LogP contribution >= 0.6 is 12.2 Å². The van der Waals surface area contributed by atoms with E-state index in [-0.39, 0.29) is 5.05 Å². The zero-order valence-corrected chi connectivity index (χ0v) is 7.06. The van der Waals surface area contributed by atoms with Crippen LogP contribution in [0.1, 0.15) is 5.69 Å².